The van der Waals surface area contributed by atoms with Crippen LogP contribution in [0.15, 0.2) is 12.2 Å². The van der Waals surface area contributed by atoms with Crippen LogP contribution in [0.3, 0.4) is 0 Å². The first-order chi connectivity index (χ1) is 13.0. The van der Waals surface area contributed by atoms with Crippen molar-refractivity contribution in [3.05, 3.63) is 12.2 Å². The number of carbonyl (C=O) groups excluding carboxylic acids is 2. The summed E-state index contributed by atoms with van der Waals surface area (Å²) in [5.41, 5.74) is 0. The lowest BCUT2D eigenvalue weighted by Gasteiger charge is -2.25. The van der Waals surface area contributed by atoms with Crippen LogP contribution < -0.4 is 0 Å². The van der Waals surface area contributed by atoms with Crippen molar-refractivity contribution < 1.29 is 24.6 Å². The fourth-order valence-corrected chi connectivity index (χ4v) is 4.57. The van der Waals surface area contributed by atoms with E-state index >= 15 is 0 Å². The molecule has 5 heteroatoms. The number of aliphatic hydroxyl groups is 1. The summed E-state index contributed by atoms with van der Waals surface area (Å²) in [4.78, 5) is 34.9. The van der Waals surface area contributed by atoms with Crippen LogP contribution in [0.4, 0.5) is 0 Å². The van der Waals surface area contributed by atoms with Crippen LogP contribution >= 0.6 is 0 Å². The molecule has 0 aromatic carbocycles. The number of allylic oxidation sites excluding steroid dienone is 2. The second-order valence-corrected chi connectivity index (χ2v) is 8.29. The first-order valence-corrected chi connectivity index (χ1v) is 10.6. The maximum atomic E-state index is 12.2. The summed E-state index contributed by atoms with van der Waals surface area (Å²) >= 11 is 0. The van der Waals surface area contributed by atoms with E-state index in [4.69, 9.17) is 5.11 Å². The molecule has 0 aromatic rings. The van der Waals surface area contributed by atoms with Gasteiger partial charge < -0.3 is 10.2 Å². The van der Waals surface area contributed by atoms with Gasteiger partial charge in [-0.3, -0.25) is 14.4 Å². The van der Waals surface area contributed by atoms with Crippen LogP contribution in [0, 0.1) is 17.8 Å². The number of carboxylic acid groups (broad SMARTS) is 1. The van der Waals surface area contributed by atoms with Crippen LogP contribution in [0.1, 0.15) is 83.5 Å². The number of carboxylic acids is 1. The Labute approximate surface area is 162 Å². The van der Waals surface area contributed by atoms with Crippen LogP contribution in [-0.4, -0.2) is 33.9 Å². The summed E-state index contributed by atoms with van der Waals surface area (Å²) in [6.45, 7) is 0. The molecule has 2 saturated carbocycles. The third-order valence-electron chi connectivity index (χ3n) is 6.12. The molecular weight excluding hydrogens is 344 g/mol. The standard InChI is InChI=1S/C22H34O5/c23-17(14-16-8-4-3-5-9-16)12-13-19-18(20(24)15-21(19)25)10-6-1-2-7-11-22(26)27/h1,6,16-19,23H,2-5,7-15H2,(H,26,27)/t17-,18+,19-/m1/s1. The third kappa shape index (κ3) is 7.57. The van der Waals surface area contributed by atoms with Gasteiger partial charge in [0.05, 0.1) is 12.5 Å². The van der Waals surface area contributed by atoms with Gasteiger partial charge in [-0.1, -0.05) is 44.3 Å². The fourth-order valence-electron chi connectivity index (χ4n) is 4.57. The highest BCUT2D eigenvalue weighted by atomic mass is 16.4. The Morgan fingerprint density at radius 2 is 1.78 bits per heavy atom. The molecule has 152 valence electrons. The van der Waals surface area contributed by atoms with Crippen molar-refractivity contribution in [2.45, 2.75) is 89.6 Å². The Kier molecular flexibility index (Phi) is 9.19. The summed E-state index contributed by atoms with van der Waals surface area (Å²) in [5, 5.41) is 19.0. The molecule has 0 aromatic heterocycles. The van der Waals surface area contributed by atoms with Crippen molar-refractivity contribution >= 4 is 17.5 Å². The Bertz CT molecular complexity index is 533. The number of Topliss-reactive ketones (excluding diaryl/α,β-unsaturated/α-hetero) is 2. The second kappa shape index (κ2) is 11.4. The molecule has 5 nitrogen and oxygen atoms in total. The zero-order valence-corrected chi connectivity index (χ0v) is 16.3. The zero-order chi connectivity index (χ0) is 19.6. The van der Waals surface area contributed by atoms with E-state index in [9.17, 15) is 19.5 Å². The molecule has 0 radical (unpaired) electrons. The van der Waals surface area contributed by atoms with Crippen LogP contribution in [0.25, 0.3) is 0 Å². The van der Waals surface area contributed by atoms with Crippen molar-refractivity contribution in [3.63, 3.8) is 0 Å². The normalized spacial score (nSPS) is 25.4. The highest BCUT2D eigenvalue weighted by Gasteiger charge is 2.40. The first-order valence-electron chi connectivity index (χ1n) is 10.6. The second-order valence-electron chi connectivity index (χ2n) is 8.29. The Hall–Kier alpha value is -1.49. The minimum absolute atomic E-state index is 0.0157. The van der Waals surface area contributed by atoms with Gasteiger partial charge >= 0.3 is 5.97 Å². The van der Waals surface area contributed by atoms with Crippen LogP contribution in [-0.2, 0) is 14.4 Å². The number of hydrogen-bond acceptors (Lipinski definition) is 4. The zero-order valence-electron chi connectivity index (χ0n) is 16.3. The number of aliphatic carboxylic acids is 1. The molecule has 3 atom stereocenters. The minimum Gasteiger partial charge on any atom is -0.481 e. The molecule has 2 N–H and O–H groups in total. The number of aliphatic hydroxyl groups excluding tert-OH is 1. The van der Waals surface area contributed by atoms with Crippen molar-refractivity contribution in [2.24, 2.45) is 17.8 Å². The molecule has 0 aliphatic heterocycles. The van der Waals surface area contributed by atoms with Crippen molar-refractivity contribution in [3.8, 4) is 0 Å². The Morgan fingerprint density at radius 1 is 1.07 bits per heavy atom. The maximum absolute atomic E-state index is 12.2. The average molecular weight is 379 g/mol. The van der Waals surface area contributed by atoms with Gasteiger partial charge in [0.25, 0.3) is 0 Å². The number of carbonyl (C=O) groups is 3. The van der Waals surface area contributed by atoms with Crippen molar-refractivity contribution in [1.82, 2.24) is 0 Å². The Balaban J connectivity index is 1.75. The molecule has 2 rings (SSSR count). The van der Waals surface area contributed by atoms with Gasteiger partial charge in [0.2, 0.25) is 0 Å². The lowest BCUT2D eigenvalue weighted by atomic mass is 9.82. The Morgan fingerprint density at radius 3 is 2.48 bits per heavy atom. The highest BCUT2D eigenvalue weighted by Crippen LogP contribution is 2.34. The number of ketones is 2. The quantitative estimate of drug-likeness (QED) is 0.321. The summed E-state index contributed by atoms with van der Waals surface area (Å²) in [6.07, 6.45) is 13.7. The van der Waals surface area contributed by atoms with E-state index in [0.717, 1.165) is 6.42 Å². The van der Waals surface area contributed by atoms with Gasteiger partial charge in [0, 0.05) is 18.3 Å². The van der Waals surface area contributed by atoms with Gasteiger partial charge in [0.1, 0.15) is 11.6 Å². The van der Waals surface area contributed by atoms with Gasteiger partial charge in [-0.25, -0.2) is 0 Å². The molecule has 0 amide bonds. The van der Waals surface area contributed by atoms with Crippen molar-refractivity contribution in [1.29, 1.82) is 0 Å². The van der Waals surface area contributed by atoms with Crippen LogP contribution in [0.2, 0.25) is 0 Å². The van der Waals surface area contributed by atoms with E-state index in [1.165, 1.54) is 32.1 Å². The molecular formula is C22H34O5. The van der Waals surface area contributed by atoms with Crippen molar-refractivity contribution in [2.75, 3.05) is 0 Å². The molecule has 27 heavy (non-hydrogen) atoms. The van der Waals surface area contributed by atoms with E-state index < -0.39 is 5.97 Å². The van der Waals surface area contributed by atoms with E-state index in [2.05, 4.69) is 0 Å². The molecule has 0 heterocycles. The lowest BCUT2D eigenvalue weighted by Crippen LogP contribution is -2.21. The topological polar surface area (TPSA) is 91.7 Å². The molecule has 0 bridgehead atoms. The SMILES string of the molecule is O=C(O)CCCC=CC[C@@H]1C(=O)CC(=O)[C@@H]1CC[C@@H](O)CC1CCCCC1. The molecule has 0 spiro atoms. The number of hydrogen-bond donors (Lipinski definition) is 2. The average Bonchev–Trinajstić information content (AvgIpc) is 2.89. The number of unbranched alkanes of at least 4 members (excludes halogenated alkanes) is 1. The summed E-state index contributed by atoms with van der Waals surface area (Å²) in [5.74, 6) is -0.681. The first kappa shape index (κ1) is 21.8. The molecule has 2 fully saturated rings. The maximum Gasteiger partial charge on any atom is 0.303 e. The van der Waals surface area contributed by atoms with E-state index in [0.29, 0.717) is 38.0 Å². The lowest BCUT2D eigenvalue weighted by molar-refractivity contribution is -0.137. The summed E-state index contributed by atoms with van der Waals surface area (Å²) in [7, 11) is 0. The molecule has 2 aliphatic carbocycles. The smallest absolute Gasteiger partial charge is 0.303 e. The fraction of sp³-hybridized carbons (Fsp3) is 0.773. The predicted molar refractivity (Wildman–Crippen MR) is 103 cm³/mol. The minimum atomic E-state index is -0.799. The van der Waals surface area contributed by atoms with E-state index in [1.807, 2.05) is 12.2 Å². The van der Waals surface area contributed by atoms with E-state index in [-0.39, 0.29) is 42.3 Å². The van der Waals surface area contributed by atoms with Gasteiger partial charge in [-0.2, -0.15) is 0 Å². The molecule has 0 saturated heterocycles. The third-order valence-corrected chi connectivity index (χ3v) is 6.12. The molecule has 2 aliphatic rings. The van der Waals surface area contributed by atoms with Gasteiger partial charge in [-0.05, 0) is 44.4 Å². The predicted octanol–water partition coefficient (Wildman–Crippen LogP) is 4.07. The monoisotopic (exact) mass is 378 g/mol. The highest BCUT2D eigenvalue weighted by molar-refractivity contribution is 6.08. The molecule has 0 unspecified atom stereocenters. The summed E-state index contributed by atoms with van der Waals surface area (Å²) < 4.78 is 0. The van der Waals surface area contributed by atoms with Gasteiger partial charge in [-0.15, -0.1) is 0 Å². The van der Waals surface area contributed by atoms with Crippen LogP contribution in [0.5, 0.6) is 0 Å². The van der Waals surface area contributed by atoms with Gasteiger partial charge in [0.15, 0.2) is 0 Å². The largest absolute Gasteiger partial charge is 0.481 e. The van der Waals surface area contributed by atoms with E-state index in [1.54, 1.807) is 0 Å². The number of rotatable bonds is 11. The summed E-state index contributed by atoms with van der Waals surface area (Å²) in [6, 6.07) is 0.